The third-order valence-corrected chi connectivity index (χ3v) is 1.45. The zero-order chi connectivity index (χ0) is 7.23. The summed E-state index contributed by atoms with van der Waals surface area (Å²) in [6.45, 7) is 1.05. The topological polar surface area (TPSA) is 12.0 Å². The first-order valence-electron chi connectivity index (χ1n) is 3.53. The normalized spacial score (nSPS) is 9.70. The molecule has 1 radical (unpaired) electrons. The second kappa shape index (κ2) is 4.07. The third kappa shape index (κ3) is 2.19. The van der Waals surface area contributed by atoms with Crippen molar-refractivity contribution < 1.29 is 0 Å². The first-order chi connectivity index (χ1) is 4.93. The molecule has 1 aromatic rings. The van der Waals surface area contributed by atoms with E-state index in [9.17, 15) is 0 Å². The Kier molecular flexibility index (Phi) is 2.97. The molecule has 1 aromatic carbocycles. The van der Waals surface area contributed by atoms with Crippen molar-refractivity contribution in [1.29, 1.82) is 0 Å². The van der Waals surface area contributed by atoms with E-state index in [1.807, 2.05) is 19.2 Å². The standard InChI is InChI=1S/C9H12N/c1-10-8-7-9-5-3-2-4-6-9/h3-6,10H,7-8H2,1H3. The predicted molar refractivity (Wildman–Crippen MR) is 42.9 cm³/mol. The molecule has 0 aliphatic rings. The highest BCUT2D eigenvalue weighted by Gasteiger charge is 1.86. The molecule has 53 valence electrons. The van der Waals surface area contributed by atoms with E-state index in [4.69, 9.17) is 0 Å². The van der Waals surface area contributed by atoms with Gasteiger partial charge in [-0.15, -0.1) is 0 Å². The molecule has 0 aliphatic heterocycles. The number of hydrogen-bond donors (Lipinski definition) is 1. The van der Waals surface area contributed by atoms with Gasteiger partial charge in [0, 0.05) is 0 Å². The van der Waals surface area contributed by atoms with Gasteiger partial charge in [0.1, 0.15) is 0 Å². The summed E-state index contributed by atoms with van der Waals surface area (Å²) in [5.74, 6) is 0. The maximum Gasteiger partial charge on any atom is -0.00114 e. The monoisotopic (exact) mass is 134 g/mol. The van der Waals surface area contributed by atoms with Crippen molar-refractivity contribution in [3.05, 3.63) is 35.9 Å². The van der Waals surface area contributed by atoms with Crippen LogP contribution in [-0.2, 0) is 6.42 Å². The van der Waals surface area contributed by atoms with Gasteiger partial charge in [-0.05, 0) is 31.6 Å². The fraction of sp³-hybridized carbons (Fsp3) is 0.333. The van der Waals surface area contributed by atoms with Gasteiger partial charge in [0.25, 0.3) is 0 Å². The smallest absolute Gasteiger partial charge is 0.00114 e. The van der Waals surface area contributed by atoms with Crippen LogP contribution in [0.5, 0.6) is 0 Å². The Hall–Kier alpha value is -0.820. The fourth-order valence-electron chi connectivity index (χ4n) is 0.857. The van der Waals surface area contributed by atoms with Gasteiger partial charge in [-0.3, -0.25) is 0 Å². The van der Waals surface area contributed by atoms with Crippen LogP contribution in [0.4, 0.5) is 0 Å². The zero-order valence-corrected chi connectivity index (χ0v) is 6.22. The average molecular weight is 134 g/mol. The largest absolute Gasteiger partial charge is 0.319 e. The molecule has 0 spiro atoms. The van der Waals surface area contributed by atoms with Crippen LogP contribution in [0.15, 0.2) is 24.3 Å². The molecular formula is C9H12N. The van der Waals surface area contributed by atoms with Gasteiger partial charge in [0.2, 0.25) is 0 Å². The Balaban J connectivity index is 2.43. The Labute approximate surface area is 62.1 Å². The lowest BCUT2D eigenvalue weighted by atomic mass is 10.2. The molecule has 0 aliphatic carbocycles. The Bertz CT molecular complexity index is 169. The number of rotatable bonds is 3. The highest BCUT2D eigenvalue weighted by atomic mass is 14.8. The Morgan fingerprint density at radius 2 is 2.10 bits per heavy atom. The molecule has 1 heteroatoms. The second-order valence-corrected chi connectivity index (χ2v) is 2.26. The average Bonchev–Trinajstić information content (AvgIpc) is 2.03. The van der Waals surface area contributed by atoms with E-state index in [2.05, 4.69) is 23.5 Å². The van der Waals surface area contributed by atoms with Crippen molar-refractivity contribution in [3.8, 4) is 0 Å². The molecule has 0 bridgehead atoms. The third-order valence-electron chi connectivity index (χ3n) is 1.45. The molecule has 0 unspecified atom stereocenters. The van der Waals surface area contributed by atoms with E-state index in [1.54, 1.807) is 0 Å². The fourth-order valence-corrected chi connectivity index (χ4v) is 0.857. The summed E-state index contributed by atoms with van der Waals surface area (Å²) < 4.78 is 0. The van der Waals surface area contributed by atoms with Crippen LogP contribution in [-0.4, -0.2) is 13.6 Å². The van der Waals surface area contributed by atoms with Crippen LogP contribution in [0, 0.1) is 6.07 Å². The Morgan fingerprint density at radius 3 is 2.70 bits per heavy atom. The van der Waals surface area contributed by atoms with Crippen LogP contribution >= 0.6 is 0 Å². The molecule has 0 fully saturated rings. The number of benzene rings is 1. The summed E-state index contributed by atoms with van der Waals surface area (Å²) in [6, 6.07) is 11.1. The lowest BCUT2D eigenvalue weighted by Gasteiger charge is -1.97. The van der Waals surface area contributed by atoms with Crippen LogP contribution in [0.2, 0.25) is 0 Å². The van der Waals surface area contributed by atoms with Crippen molar-refractivity contribution in [2.45, 2.75) is 6.42 Å². The van der Waals surface area contributed by atoms with Gasteiger partial charge in [-0.2, -0.15) is 0 Å². The minimum Gasteiger partial charge on any atom is -0.319 e. The molecule has 0 saturated carbocycles. The van der Waals surface area contributed by atoms with Crippen molar-refractivity contribution in [2.24, 2.45) is 0 Å². The molecule has 0 atom stereocenters. The number of nitrogens with one attached hydrogen (secondary N) is 1. The lowest BCUT2D eigenvalue weighted by Crippen LogP contribution is -2.09. The Morgan fingerprint density at radius 1 is 1.40 bits per heavy atom. The molecule has 1 N–H and O–H groups in total. The van der Waals surface area contributed by atoms with E-state index in [0.717, 1.165) is 13.0 Å². The molecule has 1 nitrogen and oxygen atoms in total. The highest BCUT2D eigenvalue weighted by Crippen LogP contribution is 1.96. The minimum atomic E-state index is 1.05. The van der Waals surface area contributed by atoms with Gasteiger partial charge in [-0.1, -0.05) is 24.3 Å². The van der Waals surface area contributed by atoms with E-state index in [-0.39, 0.29) is 0 Å². The van der Waals surface area contributed by atoms with Crippen LogP contribution < -0.4 is 5.32 Å². The summed E-state index contributed by atoms with van der Waals surface area (Å²) in [7, 11) is 1.97. The van der Waals surface area contributed by atoms with E-state index in [1.165, 1.54) is 5.56 Å². The summed E-state index contributed by atoms with van der Waals surface area (Å²) in [5, 5.41) is 3.11. The molecule has 10 heavy (non-hydrogen) atoms. The number of hydrogen-bond acceptors (Lipinski definition) is 1. The van der Waals surface area contributed by atoms with Gasteiger partial charge >= 0.3 is 0 Å². The second-order valence-electron chi connectivity index (χ2n) is 2.26. The van der Waals surface area contributed by atoms with Gasteiger partial charge < -0.3 is 5.32 Å². The lowest BCUT2D eigenvalue weighted by molar-refractivity contribution is 0.792. The van der Waals surface area contributed by atoms with Crippen LogP contribution in [0.25, 0.3) is 0 Å². The van der Waals surface area contributed by atoms with Gasteiger partial charge in [0.05, 0.1) is 0 Å². The summed E-state index contributed by atoms with van der Waals surface area (Å²) >= 11 is 0. The van der Waals surface area contributed by atoms with Crippen LogP contribution in [0.1, 0.15) is 5.56 Å². The first kappa shape index (κ1) is 7.29. The maximum absolute atomic E-state index is 3.11. The van der Waals surface area contributed by atoms with Crippen molar-refractivity contribution in [3.63, 3.8) is 0 Å². The quantitative estimate of drug-likeness (QED) is 0.656. The molecule has 1 rings (SSSR count). The SMILES string of the molecule is CNCCc1cc[c]cc1. The van der Waals surface area contributed by atoms with Gasteiger partial charge in [0.15, 0.2) is 0 Å². The van der Waals surface area contributed by atoms with Crippen LogP contribution in [0.3, 0.4) is 0 Å². The predicted octanol–water partition coefficient (Wildman–Crippen LogP) is 1.25. The summed E-state index contributed by atoms with van der Waals surface area (Å²) in [6.07, 6.45) is 1.10. The maximum atomic E-state index is 3.11. The molecule has 0 heterocycles. The van der Waals surface area contributed by atoms with Gasteiger partial charge in [-0.25, -0.2) is 0 Å². The summed E-state index contributed by atoms with van der Waals surface area (Å²) in [5.41, 5.74) is 1.37. The van der Waals surface area contributed by atoms with Crippen molar-refractivity contribution in [2.75, 3.05) is 13.6 Å². The van der Waals surface area contributed by atoms with E-state index in [0.29, 0.717) is 0 Å². The molecule has 0 saturated heterocycles. The first-order valence-corrected chi connectivity index (χ1v) is 3.53. The van der Waals surface area contributed by atoms with Crippen molar-refractivity contribution >= 4 is 0 Å². The molecule has 0 amide bonds. The summed E-state index contributed by atoms with van der Waals surface area (Å²) in [4.78, 5) is 0. The van der Waals surface area contributed by atoms with E-state index < -0.39 is 0 Å². The number of likely N-dealkylation sites (N-methyl/N-ethyl adjacent to an activating group) is 1. The molecular weight excluding hydrogens is 122 g/mol. The molecule has 0 aromatic heterocycles. The minimum absolute atomic E-state index is 1.05. The van der Waals surface area contributed by atoms with E-state index >= 15 is 0 Å². The van der Waals surface area contributed by atoms with Crippen molar-refractivity contribution in [1.82, 2.24) is 5.32 Å². The zero-order valence-electron chi connectivity index (χ0n) is 6.22. The highest BCUT2D eigenvalue weighted by molar-refractivity contribution is 5.13.